The zero-order chi connectivity index (χ0) is 12.8. The molecule has 0 aromatic heterocycles. The summed E-state index contributed by atoms with van der Waals surface area (Å²) >= 11 is 0. The minimum absolute atomic E-state index is 0.363. The molecule has 4 heteroatoms. The van der Waals surface area contributed by atoms with Gasteiger partial charge in [0.25, 0.3) is 0 Å². The zero-order valence-electron chi connectivity index (χ0n) is 11.9. The smallest absolute Gasteiger partial charge is 0.0826 e. The zero-order valence-corrected chi connectivity index (χ0v) is 11.9. The van der Waals surface area contributed by atoms with Crippen molar-refractivity contribution in [2.24, 2.45) is 5.41 Å². The summed E-state index contributed by atoms with van der Waals surface area (Å²) in [5, 5.41) is 3.60. The van der Waals surface area contributed by atoms with Crippen molar-refractivity contribution in [2.45, 2.75) is 32.8 Å². The maximum Gasteiger partial charge on any atom is 0.0826 e. The largest absolute Gasteiger partial charge is 0.381 e. The molecule has 4 nitrogen and oxygen atoms in total. The minimum atomic E-state index is 0.363. The van der Waals surface area contributed by atoms with Gasteiger partial charge in [-0.15, -0.1) is 0 Å². The van der Waals surface area contributed by atoms with Crippen LogP contribution in [0.15, 0.2) is 0 Å². The second kappa shape index (κ2) is 6.85. The van der Waals surface area contributed by atoms with Gasteiger partial charge < -0.3 is 14.8 Å². The molecule has 2 heterocycles. The molecule has 0 spiro atoms. The van der Waals surface area contributed by atoms with Gasteiger partial charge in [-0.05, 0) is 24.8 Å². The van der Waals surface area contributed by atoms with Crippen LogP contribution in [-0.2, 0) is 9.47 Å². The van der Waals surface area contributed by atoms with Gasteiger partial charge in [0.1, 0.15) is 0 Å². The van der Waals surface area contributed by atoms with Gasteiger partial charge in [0.05, 0.1) is 12.7 Å². The molecule has 2 aliphatic rings. The first-order chi connectivity index (χ1) is 8.72. The number of nitrogens with one attached hydrogen (secondary N) is 1. The maximum absolute atomic E-state index is 5.80. The van der Waals surface area contributed by atoms with E-state index in [1.807, 2.05) is 0 Å². The molecule has 18 heavy (non-hydrogen) atoms. The molecule has 2 fully saturated rings. The van der Waals surface area contributed by atoms with Gasteiger partial charge >= 0.3 is 0 Å². The minimum Gasteiger partial charge on any atom is -0.381 e. The Morgan fingerprint density at radius 3 is 2.78 bits per heavy atom. The molecule has 1 atom stereocenters. The van der Waals surface area contributed by atoms with Crippen LogP contribution in [0.4, 0.5) is 0 Å². The molecule has 0 bridgehead atoms. The lowest BCUT2D eigenvalue weighted by Crippen LogP contribution is -2.48. The average Bonchev–Trinajstić information content (AvgIpc) is 2.40. The number of likely N-dealkylation sites (N-methyl/N-ethyl adjacent to an activating group) is 1. The molecule has 2 aliphatic heterocycles. The first kappa shape index (κ1) is 14.3. The summed E-state index contributed by atoms with van der Waals surface area (Å²) in [7, 11) is 0. The summed E-state index contributed by atoms with van der Waals surface area (Å²) in [4.78, 5) is 2.46. The van der Waals surface area contributed by atoms with E-state index in [1.54, 1.807) is 0 Å². The first-order valence-electron chi connectivity index (χ1n) is 7.34. The summed E-state index contributed by atoms with van der Waals surface area (Å²) in [5.74, 6) is 0. The predicted molar refractivity (Wildman–Crippen MR) is 72.9 cm³/mol. The fourth-order valence-electron chi connectivity index (χ4n) is 2.77. The van der Waals surface area contributed by atoms with Crippen molar-refractivity contribution in [3.05, 3.63) is 0 Å². The normalized spacial score (nSPS) is 29.3. The fraction of sp³-hybridized carbons (Fsp3) is 1.00. The van der Waals surface area contributed by atoms with E-state index in [9.17, 15) is 0 Å². The monoisotopic (exact) mass is 256 g/mol. The molecule has 0 radical (unpaired) electrons. The third kappa shape index (κ3) is 4.19. The lowest BCUT2D eigenvalue weighted by Gasteiger charge is -2.36. The summed E-state index contributed by atoms with van der Waals surface area (Å²) in [6.45, 7) is 12.7. The van der Waals surface area contributed by atoms with E-state index in [2.05, 4.69) is 24.1 Å². The highest BCUT2D eigenvalue weighted by molar-refractivity contribution is 4.81. The van der Waals surface area contributed by atoms with Crippen molar-refractivity contribution < 1.29 is 9.47 Å². The van der Waals surface area contributed by atoms with Crippen LogP contribution in [-0.4, -0.2) is 63.5 Å². The van der Waals surface area contributed by atoms with Crippen molar-refractivity contribution in [3.63, 3.8) is 0 Å². The average molecular weight is 256 g/mol. The van der Waals surface area contributed by atoms with Crippen LogP contribution in [0.5, 0.6) is 0 Å². The Morgan fingerprint density at radius 1 is 1.28 bits per heavy atom. The number of ether oxygens (including phenoxy) is 2. The van der Waals surface area contributed by atoms with E-state index < -0.39 is 0 Å². The topological polar surface area (TPSA) is 33.7 Å². The molecule has 0 amide bonds. The van der Waals surface area contributed by atoms with E-state index in [-0.39, 0.29) is 0 Å². The van der Waals surface area contributed by atoms with Gasteiger partial charge in [-0.1, -0.05) is 13.8 Å². The number of morpholine rings is 1. The van der Waals surface area contributed by atoms with E-state index in [4.69, 9.17) is 9.47 Å². The standard InChI is InChI=1S/C14H28N2O2/c1-3-16-6-9-18-13(11-16)10-15-12-14(2)4-7-17-8-5-14/h13,15H,3-12H2,1-2H3. The summed E-state index contributed by atoms with van der Waals surface area (Å²) < 4.78 is 11.2. The molecule has 106 valence electrons. The Balaban J connectivity index is 1.65. The van der Waals surface area contributed by atoms with Crippen LogP contribution in [0.3, 0.4) is 0 Å². The van der Waals surface area contributed by atoms with Gasteiger partial charge in [-0.25, -0.2) is 0 Å². The summed E-state index contributed by atoms with van der Waals surface area (Å²) in [5.41, 5.74) is 0.414. The fourth-order valence-corrected chi connectivity index (χ4v) is 2.77. The van der Waals surface area contributed by atoms with E-state index in [0.29, 0.717) is 11.5 Å². The van der Waals surface area contributed by atoms with Crippen molar-refractivity contribution in [1.82, 2.24) is 10.2 Å². The van der Waals surface area contributed by atoms with Crippen LogP contribution in [0, 0.1) is 5.41 Å². The number of rotatable bonds is 5. The Bertz CT molecular complexity index is 242. The number of nitrogens with zero attached hydrogens (tertiary/aromatic N) is 1. The molecule has 2 rings (SSSR count). The second-order valence-electron chi connectivity index (χ2n) is 5.94. The van der Waals surface area contributed by atoms with Gasteiger partial charge in [0, 0.05) is 39.4 Å². The Labute approximate surface area is 111 Å². The molecule has 0 aromatic rings. The Hall–Kier alpha value is -0.160. The van der Waals surface area contributed by atoms with Gasteiger partial charge in [0.15, 0.2) is 0 Å². The van der Waals surface area contributed by atoms with Crippen LogP contribution in [0.1, 0.15) is 26.7 Å². The van der Waals surface area contributed by atoms with Gasteiger partial charge in [-0.3, -0.25) is 4.90 Å². The molecule has 1 unspecified atom stereocenters. The molecule has 1 N–H and O–H groups in total. The molecule has 2 saturated heterocycles. The first-order valence-corrected chi connectivity index (χ1v) is 7.34. The quantitative estimate of drug-likeness (QED) is 0.799. The third-order valence-corrected chi connectivity index (χ3v) is 4.29. The van der Waals surface area contributed by atoms with Crippen LogP contribution >= 0.6 is 0 Å². The highest BCUT2D eigenvalue weighted by atomic mass is 16.5. The lowest BCUT2D eigenvalue weighted by atomic mass is 9.82. The third-order valence-electron chi connectivity index (χ3n) is 4.29. The lowest BCUT2D eigenvalue weighted by molar-refractivity contribution is -0.0282. The van der Waals surface area contributed by atoms with Crippen molar-refractivity contribution in [1.29, 1.82) is 0 Å². The van der Waals surface area contributed by atoms with Crippen molar-refractivity contribution in [3.8, 4) is 0 Å². The summed E-state index contributed by atoms with van der Waals surface area (Å²) in [6.07, 6.45) is 2.71. The maximum atomic E-state index is 5.80. The Morgan fingerprint density at radius 2 is 2.06 bits per heavy atom. The Kier molecular flexibility index (Phi) is 5.42. The molecule has 0 saturated carbocycles. The molecular formula is C14H28N2O2. The number of hydrogen-bond donors (Lipinski definition) is 1. The number of hydrogen-bond acceptors (Lipinski definition) is 4. The SMILES string of the molecule is CCN1CCOC(CNCC2(C)CCOCC2)C1. The van der Waals surface area contributed by atoms with E-state index >= 15 is 0 Å². The predicted octanol–water partition coefficient (Wildman–Crippen LogP) is 1.11. The van der Waals surface area contributed by atoms with E-state index in [0.717, 1.165) is 52.5 Å². The van der Waals surface area contributed by atoms with Crippen molar-refractivity contribution in [2.75, 3.05) is 52.5 Å². The van der Waals surface area contributed by atoms with Crippen LogP contribution in [0.2, 0.25) is 0 Å². The molecular weight excluding hydrogens is 228 g/mol. The second-order valence-corrected chi connectivity index (χ2v) is 5.94. The van der Waals surface area contributed by atoms with E-state index in [1.165, 1.54) is 12.8 Å². The molecule has 0 aromatic carbocycles. The highest BCUT2D eigenvalue weighted by Gasteiger charge is 2.27. The van der Waals surface area contributed by atoms with Gasteiger partial charge in [-0.2, -0.15) is 0 Å². The van der Waals surface area contributed by atoms with Crippen LogP contribution in [0.25, 0.3) is 0 Å². The highest BCUT2D eigenvalue weighted by Crippen LogP contribution is 2.28. The van der Waals surface area contributed by atoms with Gasteiger partial charge in [0.2, 0.25) is 0 Å². The summed E-state index contributed by atoms with van der Waals surface area (Å²) in [6, 6.07) is 0. The van der Waals surface area contributed by atoms with Crippen LogP contribution < -0.4 is 5.32 Å². The van der Waals surface area contributed by atoms with Crippen molar-refractivity contribution >= 4 is 0 Å². The molecule has 0 aliphatic carbocycles.